The molecule has 1 aliphatic heterocycles. The monoisotopic (exact) mass is 282 g/mol. The largest absolute Gasteiger partial charge is 0.493 e. The Kier molecular flexibility index (Phi) is 3.49. The molecule has 0 saturated heterocycles. The SMILES string of the molecule is CC1COc2ccccc2C1Nc1cccc(F)c1C#N. The molecule has 0 amide bonds. The normalized spacial score (nSPS) is 20.0. The van der Waals surface area contributed by atoms with Crippen molar-refractivity contribution in [2.45, 2.75) is 13.0 Å². The molecule has 0 aromatic heterocycles. The Morgan fingerprint density at radius 1 is 1.24 bits per heavy atom. The molecule has 2 atom stereocenters. The van der Waals surface area contributed by atoms with Crippen LogP contribution < -0.4 is 10.1 Å². The minimum atomic E-state index is -0.504. The van der Waals surface area contributed by atoms with Crippen LogP contribution in [0.15, 0.2) is 42.5 Å². The topological polar surface area (TPSA) is 45.0 Å². The van der Waals surface area contributed by atoms with Crippen LogP contribution in [0.2, 0.25) is 0 Å². The average molecular weight is 282 g/mol. The Morgan fingerprint density at radius 2 is 2.05 bits per heavy atom. The number of rotatable bonds is 2. The van der Waals surface area contributed by atoms with Crippen molar-refractivity contribution in [1.29, 1.82) is 5.26 Å². The fraction of sp³-hybridized carbons (Fsp3) is 0.235. The van der Waals surface area contributed by atoms with Crippen molar-refractivity contribution >= 4 is 5.69 Å². The van der Waals surface area contributed by atoms with Gasteiger partial charge in [0.05, 0.1) is 18.3 Å². The van der Waals surface area contributed by atoms with Crippen molar-refractivity contribution in [3.05, 3.63) is 59.4 Å². The van der Waals surface area contributed by atoms with Gasteiger partial charge in [-0.1, -0.05) is 31.2 Å². The lowest BCUT2D eigenvalue weighted by Crippen LogP contribution is -2.29. The molecule has 0 radical (unpaired) electrons. The van der Waals surface area contributed by atoms with Gasteiger partial charge in [0.1, 0.15) is 23.2 Å². The minimum Gasteiger partial charge on any atom is -0.493 e. The van der Waals surface area contributed by atoms with Crippen LogP contribution in [0.4, 0.5) is 10.1 Å². The molecular formula is C17H15FN2O. The van der Waals surface area contributed by atoms with Crippen LogP contribution in [0.1, 0.15) is 24.1 Å². The summed E-state index contributed by atoms with van der Waals surface area (Å²) < 4.78 is 19.4. The number of para-hydroxylation sites is 1. The lowest BCUT2D eigenvalue weighted by atomic mass is 9.91. The zero-order valence-corrected chi connectivity index (χ0v) is 11.6. The summed E-state index contributed by atoms with van der Waals surface area (Å²) in [5.74, 6) is 0.549. The number of hydrogen-bond donors (Lipinski definition) is 1. The molecule has 1 aliphatic rings. The smallest absolute Gasteiger partial charge is 0.143 e. The van der Waals surface area contributed by atoms with Gasteiger partial charge in [0.15, 0.2) is 0 Å². The van der Waals surface area contributed by atoms with E-state index in [2.05, 4.69) is 12.2 Å². The summed E-state index contributed by atoms with van der Waals surface area (Å²) in [4.78, 5) is 0. The van der Waals surface area contributed by atoms with Gasteiger partial charge >= 0.3 is 0 Å². The fourth-order valence-corrected chi connectivity index (χ4v) is 2.64. The quantitative estimate of drug-likeness (QED) is 0.909. The molecule has 3 rings (SSSR count). The molecule has 2 aromatic carbocycles. The number of anilines is 1. The van der Waals surface area contributed by atoms with E-state index in [-0.39, 0.29) is 17.5 Å². The van der Waals surface area contributed by atoms with Gasteiger partial charge in [-0.15, -0.1) is 0 Å². The van der Waals surface area contributed by atoms with E-state index in [1.54, 1.807) is 12.1 Å². The van der Waals surface area contributed by atoms with E-state index < -0.39 is 5.82 Å². The van der Waals surface area contributed by atoms with Crippen LogP contribution in [-0.4, -0.2) is 6.61 Å². The second-order valence-electron chi connectivity index (χ2n) is 5.22. The van der Waals surface area contributed by atoms with Gasteiger partial charge in [-0.25, -0.2) is 4.39 Å². The van der Waals surface area contributed by atoms with E-state index in [1.165, 1.54) is 6.07 Å². The van der Waals surface area contributed by atoms with Crippen LogP contribution in [0.25, 0.3) is 0 Å². The zero-order chi connectivity index (χ0) is 14.8. The Morgan fingerprint density at radius 3 is 2.86 bits per heavy atom. The van der Waals surface area contributed by atoms with Gasteiger partial charge < -0.3 is 10.1 Å². The lowest BCUT2D eigenvalue weighted by molar-refractivity contribution is 0.214. The summed E-state index contributed by atoms with van der Waals surface area (Å²) in [6.45, 7) is 2.66. The third-order valence-corrected chi connectivity index (χ3v) is 3.76. The molecule has 4 heteroatoms. The number of benzene rings is 2. The first kappa shape index (κ1) is 13.4. The first-order valence-electron chi connectivity index (χ1n) is 6.87. The number of nitriles is 1. The van der Waals surface area contributed by atoms with E-state index in [9.17, 15) is 4.39 Å². The molecule has 1 heterocycles. The number of hydrogen-bond acceptors (Lipinski definition) is 3. The van der Waals surface area contributed by atoms with Crippen molar-refractivity contribution < 1.29 is 9.13 Å². The molecule has 0 bridgehead atoms. The van der Waals surface area contributed by atoms with Gasteiger partial charge in [-0.3, -0.25) is 0 Å². The molecule has 2 unspecified atom stereocenters. The maximum absolute atomic E-state index is 13.7. The first-order valence-corrected chi connectivity index (χ1v) is 6.87. The first-order chi connectivity index (χ1) is 10.2. The molecule has 0 saturated carbocycles. The van der Waals surface area contributed by atoms with Gasteiger partial charge in [0, 0.05) is 11.5 Å². The van der Waals surface area contributed by atoms with Crippen LogP contribution in [-0.2, 0) is 0 Å². The number of nitrogens with one attached hydrogen (secondary N) is 1. The van der Waals surface area contributed by atoms with Crippen LogP contribution in [0.3, 0.4) is 0 Å². The summed E-state index contributed by atoms with van der Waals surface area (Å²) in [6.07, 6.45) is 0. The number of fused-ring (bicyclic) bond motifs is 1. The molecule has 0 aliphatic carbocycles. The highest BCUT2D eigenvalue weighted by molar-refractivity contribution is 5.59. The van der Waals surface area contributed by atoms with Gasteiger partial charge in [0.25, 0.3) is 0 Å². The molecule has 1 N–H and O–H groups in total. The standard InChI is InChI=1S/C17H15FN2O/c1-11-10-21-16-8-3-2-5-12(16)17(11)20-15-7-4-6-14(18)13(15)9-19/h2-8,11,17,20H,10H2,1H3. The van der Waals surface area contributed by atoms with E-state index in [0.29, 0.717) is 12.3 Å². The predicted octanol–water partition coefficient (Wildman–Crippen LogP) is 3.88. The number of nitrogens with zero attached hydrogens (tertiary/aromatic N) is 1. The van der Waals surface area contributed by atoms with Gasteiger partial charge in [-0.2, -0.15) is 5.26 Å². The van der Waals surface area contributed by atoms with Gasteiger partial charge in [-0.05, 0) is 18.2 Å². The summed E-state index contributed by atoms with van der Waals surface area (Å²) >= 11 is 0. The molecule has 0 spiro atoms. The maximum atomic E-state index is 13.7. The molecular weight excluding hydrogens is 267 g/mol. The van der Waals surface area contributed by atoms with Crippen molar-refractivity contribution in [2.24, 2.45) is 5.92 Å². The Bertz CT molecular complexity index is 708. The van der Waals surface area contributed by atoms with Crippen molar-refractivity contribution in [2.75, 3.05) is 11.9 Å². The van der Waals surface area contributed by atoms with Crippen LogP contribution in [0.5, 0.6) is 5.75 Å². The maximum Gasteiger partial charge on any atom is 0.143 e. The summed E-state index contributed by atoms with van der Waals surface area (Å²) in [5.41, 5.74) is 1.60. The average Bonchev–Trinajstić information content (AvgIpc) is 2.50. The third kappa shape index (κ3) is 2.43. The Balaban J connectivity index is 1.99. The summed E-state index contributed by atoms with van der Waals surface area (Å²) in [7, 11) is 0. The highest BCUT2D eigenvalue weighted by atomic mass is 19.1. The number of ether oxygens (including phenoxy) is 1. The van der Waals surface area contributed by atoms with E-state index in [4.69, 9.17) is 10.00 Å². The van der Waals surface area contributed by atoms with E-state index in [0.717, 1.165) is 11.3 Å². The third-order valence-electron chi connectivity index (χ3n) is 3.76. The second kappa shape index (κ2) is 5.45. The summed E-state index contributed by atoms with van der Waals surface area (Å²) in [6, 6.07) is 14.3. The minimum absolute atomic E-state index is 0.0103. The van der Waals surface area contributed by atoms with Crippen LogP contribution >= 0.6 is 0 Å². The predicted molar refractivity (Wildman–Crippen MR) is 78.6 cm³/mol. The highest BCUT2D eigenvalue weighted by Crippen LogP contribution is 2.37. The fourth-order valence-electron chi connectivity index (χ4n) is 2.64. The molecule has 3 nitrogen and oxygen atoms in total. The Labute approximate surface area is 123 Å². The summed E-state index contributed by atoms with van der Waals surface area (Å²) in [5, 5.41) is 12.4. The van der Waals surface area contributed by atoms with Crippen molar-refractivity contribution in [3.63, 3.8) is 0 Å². The van der Waals surface area contributed by atoms with Crippen molar-refractivity contribution in [3.8, 4) is 11.8 Å². The lowest BCUT2D eigenvalue weighted by Gasteiger charge is -2.33. The molecule has 21 heavy (non-hydrogen) atoms. The molecule has 106 valence electrons. The zero-order valence-electron chi connectivity index (χ0n) is 11.6. The number of halogens is 1. The van der Waals surface area contributed by atoms with E-state index in [1.807, 2.05) is 30.3 Å². The van der Waals surface area contributed by atoms with Gasteiger partial charge in [0.2, 0.25) is 0 Å². The van der Waals surface area contributed by atoms with Crippen LogP contribution in [0, 0.1) is 23.1 Å². The Hall–Kier alpha value is -2.54. The second-order valence-corrected chi connectivity index (χ2v) is 5.22. The molecule has 0 fully saturated rings. The highest BCUT2D eigenvalue weighted by Gasteiger charge is 2.28. The van der Waals surface area contributed by atoms with E-state index >= 15 is 0 Å². The van der Waals surface area contributed by atoms with Crippen molar-refractivity contribution in [1.82, 2.24) is 0 Å². The molecule has 2 aromatic rings.